The lowest BCUT2D eigenvalue weighted by Crippen LogP contribution is -2.16. The second-order valence-corrected chi connectivity index (χ2v) is 4.69. The number of hydrogen-bond donors (Lipinski definition) is 2. The topological polar surface area (TPSA) is 75.1 Å². The molecule has 1 aliphatic rings. The molecule has 2 rings (SSSR count). The lowest BCUT2D eigenvalue weighted by atomic mass is 10.0. The van der Waals surface area contributed by atoms with E-state index in [0.29, 0.717) is 30.1 Å². The standard InChI is InChI=1S/C13H19N3O2/c1-3-9-10(4-2)15-16-12(11(9)13(17)18)14-7-8-5-6-8/h8H,3-7H2,1-2H3,(H,14,16)(H,17,18). The Labute approximate surface area is 107 Å². The quantitative estimate of drug-likeness (QED) is 0.807. The number of aryl methyl sites for hydroxylation is 1. The smallest absolute Gasteiger partial charge is 0.339 e. The maximum atomic E-state index is 11.4. The molecule has 0 bridgehead atoms. The SMILES string of the molecule is CCc1nnc(NCC2CC2)c(C(=O)O)c1CC. The number of hydrogen-bond acceptors (Lipinski definition) is 4. The molecule has 0 aliphatic heterocycles. The van der Waals surface area contributed by atoms with Gasteiger partial charge in [-0.25, -0.2) is 4.79 Å². The van der Waals surface area contributed by atoms with Crippen LogP contribution in [0.25, 0.3) is 0 Å². The number of nitrogens with zero attached hydrogens (tertiary/aromatic N) is 2. The molecular weight excluding hydrogens is 230 g/mol. The molecule has 18 heavy (non-hydrogen) atoms. The summed E-state index contributed by atoms with van der Waals surface area (Å²) in [4.78, 5) is 11.4. The zero-order valence-corrected chi connectivity index (χ0v) is 10.9. The first-order valence-electron chi connectivity index (χ1n) is 6.52. The number of aromatic nitrogens is 2. The van der Waals surface area contributed by atoms with Crippen molar-refractivity contribution in [2.24, 2.45) is 5.92 Å². The Morgan fingerprint density at radius 3 is 2.56 bits per heavy atom. The zero-order valence-electron chi connectivity index (χ0n) is 10.9. The Hall–Kier alpha value is -1.65. The summed E-state index contributed by atoms with van der Waals surface area (Å²) in [6.07, 6.45) is 3.81. The van der Waals surface area contributed by atoms with Crippen LogP contribution in [-0.4, -0.2) is 27.8 Å². The Kier molecular flexibility index (Phi) is 3.79. The van der Waals surface area contributed by atoms with Crippen molar-refractivity contribution in [3.05, 3.63) is 16.8 Å². The third-order valence-corrected chi connectivity index (χ3v) is 3.32. The molecule has 1 aromatic rings. The number of nitrogens with one attached hydrogen (secondary N) is 1. The van der Waals surface area contributed by atoms with Crippen LogP contribution in [0.4, 0.5) is 5.82 Å². The van der Waals surface area contributed by atoms with Crippen molar-refractivity contribution in [1.82, 2.24) is 10.2 Å². The van der Waals surface area contributed by atoms with Crippen LogP contribution in [0.2, 0.25) is 0 Å². The summed E-state index contributed by atoms with van der Waals surface area (Å²) >= 11 is 0. The minimum absolute atomic E-state index is 0.296. The molecule has 0 saturated heterocycles. The molecule has 0 aromatic carbocycles. The minimum Gasteiger partial charge on any atom is -0.478 e. The van der Waals surface area contributed by atoms with E-state index in [1.54, 1.807) is 0 Å². The maximum Gasteiger partial charge on any atom is 0.339 e. The van der Waals surface area contributed by atoms with Crippen LogP contribution in [0.15, 0.2) is 0 Å². The van der Waals surface area contributed by atoms with Crippen molar-refractivity contribution in [3.8, 4) is 0 Å². The summed E-state index contributed by atoms with van der Waals surface area (Å²) in [6, 6.07) is 0. The van der Waals surface area contributed by atoms with Gasteiger partial charge in [-0.15, -0.1) is 5.10 Å². The lowest BCUT2D eigenvalue weighted by molar-refractivity contribution is 0.0696. The molecular formula is C13H19N3O2. The molecule has 2 N–H and O–H groups in total. The van der Waals surface area contributed by atoms with Gasteiger partial charge in [0.2, 0.25) is 0 Å². The van der Waals surface area contributed by atoms with Gasteiger partial charge in [-0.05, 0) is 37.2 Å². The predicted molar refractivity (Wildman–Crippen MR) is 69.0 cm³/mol. The number of rotatable bonds is 6. The molecule has 98 valence electrons. The molecule has 1 saturated carbocycles. The average Bonchev–Trinajstić information content (AvgIpc) is 3.18. The fraction of sp³-hybridized carbons (Fsp3) is 0.615. The van der Waals surface area contributed by atoms with Crippen molar-refractivity contribution in [3.63, 3.8) is 0 Å². The van der Waals surface area contributed by atoms with Gasteiger partial charge < -0.3 is 10.4 Å². The van der Waals surface area contributed by atoms with E-state index >= 15 is 0 Å². The van der Waals surface area contributed by atoms with Gasteiger partial charge in [0.15, 0.2) is 5.82 Å². The molecule has 0 atom stereocenters. The van der Waals surface area contributed by atoms with Crippen LogP contribution in [0.1, 0.15) is 48.3 Å². The summed E-state index contributed by atoms with van der Waals surface area (Å²) in [6.45, 7) is 4.71. The van der Waals surface area contributed by atoms with E-state index in [1.165, 1.54) is 12.8 Å². The van der Waals surface area contributed by atoms with Crippen LogP contribution in [0, 0.1) is 5.92 Å². The predicted octanol–water partition coefficient (Wildman–Crippen LogP) is 2.12. The van der Waals surface area contributed by atoms with Crippen molar-refractivity contribution in [2.75, 3.05) is 11.9 Å². The normalized spacial score (nSPS) is 14.6. The van der Waals surface area contributed by atoms with E-state index in [9.17, 15) is 9.90 Å². The molecule has 0 amide bonds. The summed E-state index contributed by atoms with van der Waals surface area (Å²) in [7, 11) is 0. The third-order valence-electron chi connectivity index (χ3n) is 3.32. The molecule has 0 radical (unpaired) electrons. The first-order valence-corrected chi connectivity index (χ1v) is 6.52. The van der Waals surface area contributed by atoms with E-state index in [4.69, 9.17) is 0 Å². The fourth-order valence-electron chi connectivity index (χ4n) is 2.09. The second-order valence-electron chi connectivity index (χ2n) is 4.69. The van der Waals surface area contributed by atoms with E-state index < -0.39 is 5.97 Å². The van der Waals surface area contributed by atoms with Crippen molar-refractivity contribution >= 4 is 11.8 Å². The van der Waals surface area contributed by atoms with Gasteiger partial charge in [-0.2, -0.15) is 5.10 Å². The zero-order chi connectivity index (χ0) is 13.1. The summed E-state index contributed by atoms with van der Waals surface area (Å²) < 4.78 is 0. The molecule has 1 aromatic heterocycles. The fourth-order valence-corrected chi connectivity index (χ4v) is 2.09. The van der Waals surface area contributed by atoms with Gasteiger partial charge in [0.05, 0.1) is 5.69 Å². The third kappa shape index (κ3) is 2.60. The first-order chi connectivity index (χ1) is 8.67. The Balaban J connectivity index is 2.34. The molecule has 0 spiro atoms. The summed E-state index contributed by atoms with van der Waals surface area (Å²) in [5.41, 5.74) is 1.88. The molecule has 1 aliphatic carbocycles. The van der Waals surface area contributed by atoms with E-state index in [1.807, 2.05) is 13.8 Å². The number of carbonyl (C=O) groups is 1. The van der Waals surface area contributed by atoms with Gasteiger partial charge in [0, 0.05) is 6.54 Å². The molecule has 1 heterocycles. The van der Waals surface area contributed by atoms with Crippen molar-refractivity contribution in [2.45, 2.75) is 39.5 Å². The highest BCUT2D eigenvalue weighted by Gasteiger charge is 2.24. The highest BCUT2D eigenvalue weighted by Crippen LogP contribution is 2.29. The van der Waals surface area contributed by atoms with E-state index in [2.05, 4.69) is 15.5 Å². The summed E-state index contributed by atoms with van der Waals surface area (Å²) in [5, 5.41) is 20.7. The van der Waals surface area contributed by atoms with Crippen LogP contribution in [0.3, 0.4) is 0 Å². The van der Waals surface area contributed by atoms with Gasteiger partial charge >= 0.3 is 5.97 Å². The minimum atomic E-state index is -0.922. The highest BCUT2D eigenvalue weighted by molar-refractivity contribution is 5.95. The largest absolute Gasteiger partial charge is 0.478 e. The average molecular weight is 249 g/mol. The molecule has 0 unspecified atom stereocenters. The number of aromatic carboxylic acids is 1. The van der Waals surface area contributed by atoms with Crippen LogP contribution < -0.4 is 5.32 Å². The monoisotopic (exact) mass is 249 g/mol. The summed E-state index contributed by atoms with van der Waals surface area (Å²) in [5.74, 6) is 0.169. The Bertz CT molecular complexity index is 456. The van der Waals surface area contributed by atoms with Gasteiger partial charge in [0.25, 0.3) is 0 Å². The van der Waals surface area contributed by atoms with Gasteiger partial charge in [0.1, 0.15) is 5.56 Å². The Morgan fingerprint density at radius 2 is 2.06 bits per heavy atom. The van der Waals surface area contributed by atoms with E-state index in [-0.39, 0.29) is 0 Å². The van der Waals surface area contributed by atoms with Crippen LogP contribution >= 0.6 is 0 Å². The van der Waals surface area contributed by atoms with E-state index in [0.717, 1.165) is 17.8 Å². The molecule has 5 nitrogen and oxygen atoms in total. The molecule has 5 heteroatoms. The maximum absolute atomic E-state index is 11.4. The Morgan fingerprint density at radius 1 is 1.33 bits per heavy atom. The van der Waals surface area contributed by atoms with Crippen molar-refractivity contribution < 1.29 is 9.90 Å². The number of carboxylic acids is 1. The van der Waals surface area contributed by atoms with Crippen molar-refractivity contribution in [1.29, 1.82) is 0 Å². The van der Waals surface area contributed by atoms with Crippen LogP contribution in [-0.2, 0) is 12.8 Å². The number of anilines is 1. The lowest BCUT2D eigenvalue weighted by Gasteiger charge is -2.13. The second kappa shape index (κ2) is 5.33. The number of carboxylic acid groups (broad SMARTS) is 1. The van der Waals surface area contributed by atoms with Gasteiger partial charge in [-0.3, -0.25) is 0 Å². The highest BCUT2D eigenvalue weighted by atomic mass is 16.4. The molecule has 1 fully saturated rings. The van der Waals surface area contributed by atoms with Gasteiger partial charge in [-0.1, -0.05) is 13.8 Å². The first kappa shape index (κ1) is 12.8. The van der Waals surface area contributed by atoms with Crippen LogP contribution in [0.5, 0.6) is 0 Å².